The van der Waals surface area contributed by atoms with E-state index in [1.54, 1.807) is 17.7 Å². The van der Waals surface area contributed by atoms with Gasteiger partial charge >= 0.3 is 0 Å². The molecule has 0 spiro atoms. The maximum absolute atomic E-state index is 13.9. The fourth-order valence-corrected chi connectivity index (χ4v) is 6.57. The number of piperidine rings is 1. The van der Waals surface area contributed by atoms with Crippen LogP contribution in [-0.2, 0) is 11.3 Å². The van der Waals surface area contributed by atoms with Gasteiger partial charge in [0.25, 0.3) is 0 Å². The fraction of sp³-hybridized carbons (Fsp3) is 0.370. The lowest BCUT2D eigenvalue weighted by molar-refractivity contribution is -0.139. The Bertz CT molecular complexity index is 1340. The Hall–Kier alpha value is -3.19. The minimum Gasteiger partial charge on any atom is -0.356 e. The Kier molecular flexibility index (Phi) is 5.37. The molecule has 1 saturated heterocycles. The summed E-state index contributed by atoms with van der Waals surface area (Å²) in [6.07, 6.45) is 5.51. The van der Waals surface area contributed by atoms with Gasteiger partial charge < -0.3 is 14.4 Å². The van der Waals surface area contributed by atoms with Crippen LogP contribution >= 0.6 is 11.3 Å². The van der Waals surface area contributed by atoms with Crippen LogP contribution in [0.5, 0.6) is 0 Å². The molecular weight excluding hydrogens is 442 g/mol. The summed E-state index contributed by atoms with van der Waals surface area (Å²) in [6, 6.07) is 14.7. The minimum atomic E-state index is -0.0200. The van der Waals surface area contributed by atoms with E-state index in [1.807, 2.05) is 6.07 Å². The summed E-state index contributed by atoms with van der Waals surface area (Å²) in [5.74, 6) is 1.36. The number of thiophene rings is 1. The molecule has 7 heteroatoms. The molecular formula is C27H29N5OS. The van der Waals surface area contributed by atoms with Gasteiger partial charge in [0.1, 0.15) is 17.0 Å². The molecule has 2 aliphatic heterocycles. The molecule has 1 atom stereocenters. The second-order valence-electron chi connectivity index (χ2n) is 9.39. The van der Waals surface area contributed by atoms with Crippen molar-refractivity contribution in [1.29, 1.82) is 0 Å². The summed E-state index contributed by atoms with van der Waals surface area (Å²) in [4.78, 5) is 29.8. The number of aryl methyl sites for hydroxylation is 2. The topological polar surface area (TPSA) is 54.3 Å². The molecule has 3 aromatic heterocycles. The number of aromatic nitrogens is 3. The monoisotopic (exact) mass is 471 g/mol. The summed E-state index contributed by atoms with van der Waals surface area (Å²) in [6.45, 7) is 7.60. The number of rotatable bonds is 3. The zero-order valence-corrected chi connectivity index (χ0v) is 20.5. The number of fused-ring (bicyclic) bond motifs is 2. The Morgan fingerprint density at radius 3 is 2.56 bits per heavy atom. The average Bonchev–Trinajstić information content (AvgIpc) is 3.47. The van der Waals surface area contributed by atoms with Gasteiger partial charge in [-0.3, -0.25) is 4.79 Å². The maximum atomic E-state index is 13.9. The first-order chi connectivity index (χ1) is 16.6. The van der Waals surface area contributed by atoms with Crippen LogP contribution in [0.15, 0.2) is 55.0 Å². The highest BCUT2D eigenvalue weighted by Crippen LogP contribution is 2.37. The van der Waals surface area contributed by atoms with Gasteiger partial charge in [0.2, 0.25) is 5.91 Å². The van der Waals surface area contributed by atoms with E-state index in [0.717, 1.165) is 49.7 Å². The van der Waals surface area contributed by atoms with Crippen molar-refractivity contribution in [2.75, 3.05) is 24.5 Å². The highest BCUT2D eigenvalue weighted by Gasteiger charge is 2.37. The van der Waals surface area contributed by atoms with E-state index in [2.05, 4.69) is 80.8 Å². The van der Waals surface area contributed by atoms with E-state index in [4.69, 9.17) is 0 Å². The Labute approximate surface area is 203 Å². The predicted octanol–water partition coefficient (Wildman–Crippen LogP) is 4.96. The van der Waals surface area contributed by atoms with Crippen LogP contribution in [-0.4, -0.2) is 45.0 Å². The molecule has 0 bridgehead atoms. The van der Waals surface area contributed by atoms with Gasteiger partial charge in [0, 0.05) is 48.9 Å². The second kappa shape index (κ2) is 8.55. The van der Waals surface area contributed by atoms with Gasteiger partial charge in [0.15, 0.2) is 0 Å². The van der Waals surface area contributed by atoms with E-state index in [1.165, 1.54) is 27.1 Å². The standard InChI is InChI=1S/C27H29N5OS/c1-18-19(2)34-26-23(18)25(28-17-29-26)31-13-10-21(11-14-31)27(33)32-16-15-30-12-6-9-22(30)24(32)20-7-4-3-5-8-20/h3-9,12,17,21,24H,10-11,13-16H2,1-2H3. The van der Waals surface area contributed by atoms with Gasteiger partial charge in [-0.1, -0.05) is 30.3 Å². The van der Waals surface area contributed by atoms with Crippen LogP contribution in [0, 0.1) is 19.8 Å². The highest BCUT2D eigenvalue weighted by molar-refractivity contribution is 7.18. The first kappa shape index (κ1) is 21.4. The fourth-order valence-electron chi connectivity index (χ4n) is 5.58. The first-order valence-electron chi connectivity index (χ1n) is 12.1. The van der Waals surface area contributed by atoms with Crippen LogP contribution in [0.3, 0.4) is 0 Å². The maximum Gasteiger partial charge on any atom is 0.226 e. The van der Waals surface area contributed by atoms with E-state index >= 15 is 0 Å². The van der Waals surface area contributed by atoms with Gasteiger partial charge in [-0.2, -0.15) is 0 Å². The third kappa shape index (κ3) is 3.50. The summed E-state index contributed by atoms with van der Waals surface area (Å²) in [5.41, 5.74) is 3.66. The molecule has 5 heterocycles. The highest BCUT2D eigenvalue weighted by atomic mass is 32.1. The van der Waals surface area contributed by atoms with Gasteiger partial charge in [-0.25, -0.2) is 9.97 Å². The molecule has 4 aromatic rings. The summed E-state index contributed by atoms with van der Waals surface area (Å²) >= 11 is 1.73. The summed E-state index contributed by atoms with van der Waals surface area (Å²) < 4.78 is 2.29. The van der Waals surface area contributed by atoms with Crippen LogP contribution in [0.2, 0.25) is 0 Å². The molecule has 2 aliphatic rings. The van der Waals surface area contributed by atoms with Gasteiger partial charge in [0.05, 0.1) is 11.4 Å². The first-order valence-corrected chi connectivity index (χ1v) is 12.9. The van der Waals surface area contributed by atoms with Crippen LogP contribution in [0.4, 0.5) is 5.82 Å². The molecule has 34 heavy (non-hydrogen) atoms. The molecule has 0 aliphatic carbocycles. The number of benzene rings is 1. The van der Waals surface area contributed by atoms with Crippen LogP contribution in [0.25, 0.3) is 10.2 Å². The van der Waals surface area contributed by atoms with E-state index in [0.29, 0.717) is 0 Å². The zero-order chi connectivity index (χ0) is 23.2. The lowest BCUT2D eigenvalue weighted by Gasteiger charge is -2.41. The Balaban J connectivity index is 1.23. The molecule has 6 rings (SSSR count). The lowest BCUT2D eigenvalue weighted by Crippen LogP contribution is -2.47. The normalized spacial score (nSPS) is 18.9. The number of anilines is 1. The van der Waals surface area contributed by atoms with Gasteiger partial charge in [-0.05, 0) is 49.9 Å². The molecule has 174 valence electrons. The molecule has 0 radical (unpaired) electrons. The van der Waals surface area contributed by atoms with Gasteiger partial charge in [-0.15, -0.1) is 11.3 Å². The number of hydrogen-bond acceptors (Lipinski definition) is 5. The molecule has 6 nitrogen and oxygen atoms in total. The van der Waals surface area contributed by atoms with E-state index in [-0.39, 0.29) is 17.9 Å². The zero-order valence-electron chi connectivity index (χ0n) is 19.6. The smallest absolute Gasteiger partial charge is 0.226 e. The quantitative estimate of drug-likeness (QED) is 0.424. The number of hydrogen-bond donors (Lipinski definition) is 0. The van der Waals surface area contributed by atoms with Crippen molar-refractivity contribution in [3.63, 3.8) is 0 Å². The summed E-state index contributed by atoms with van der Waals surface area (Å²) in [5, 5.41) is 1.18. The SMILES string of the molecule is Cc1sc2ncnc(N3CCC(C(=O)N4CCn5cccc5C4c4ccccc4)CC3)c2c1C. The molecule has 0 saturated carbocycles. The van der Waals surface area contributed by atoms with Crippen LogP contribution < -0.4 is 4.90 Å². The number of carbonyl (C=O) groups excluding carboxylic acids is 1. The van der Waals surface area contributed by atoms with Crippen molar-refractivity contribution in [3.8, 4) is 0 Å². The Morgan fingerprint density at radius 1 is 0.971 bits per heavy atom. The lowest BCUT2D eigenvalue weighted by atomic mass is 9.92. The second-order valence-corrected chi connectivity index (χ2v) is 10.6. The Morgan fingerprint density at radius 2 is 1.76 bits per heavy atom. The van der Waals surface area contributed by atoms with E-state index < -0.39 is 0 Å². The minimum absolute atomic E-state index is 0.0200. The number of amides is 1. The average molecular weight is 472 g/mol. The van der Waals surface area contributed by atoms with Crippen molar-refractivity contribution in [1.82, 2.24) is 19.4 Å². The van der Waals surface area contributed by atoms with Crippen molar-refractivity contribution >= 4 is 33.3 Å². The van der Waals surface area contributed by atoms with Crippen LogP contribution in [0.1, 0.15) is 40.6 Å². The molecule has 0 N–H and O–H groups in total. The molecule has 1 aromatic carbocycles. The largest absolute Gasteiger partial charge is 0.356 e. The van der Waals surface area contributed by atoms with Crippen molar-refractivity contribution in [2.24, 2.45) is 5.92 Å². The third-order valence-electron chi connectivity index (χ3n) is 7.53. The molecule has 1 unspecified atom stereocenters. The van der Waals surface area contributed by atoms with Crippen molar-refractivity contribution in [3.05, 3.63) is 76.7 Å². The third-order valence-corrected chi connectivity index (χ3v) is 8.64. The number of nitrogens with zero attached hydrogens (tertiary/aromatic N) is 5. The summed E-state index contributed by atoms with van der Waals surface area (Å²) in [7, 11) is 0. The molecule has 1 amide bonds. The predicted molar refractivity (Wildman–Crippen MR) is 136 cm³/mol. The number of carbonyl (C=O) groups is 1. The van der Waals surface area contributed by atoms with Crippen molar-refractivity contribution < 1.29 is 4.79 Å². The van der Waals surface area contributed by atoms with Crippen molar-refractivity contribution in [2.45, 2.75) is 39.3 Å². The van der Waals surface area contributed by atoms with E-state index in [9.17, 15) is 4.79 Å². The molecule has 1 fully saturated rings.